The van der Waals surface area contributed by atoms with Crippen molar-refractivity contribution in [2.75, 3.05) is 24.0 Å². The topological polar surface area (TPSA) is 24.9 Å². The van der Waals surface area contributed by atoms with Crippen LogP contribution in [0, 0.1) is 0 Å². The van der Waals surface area contributed by atoms with Crippen LogP contribution in [0.5, 0.6) is 11.5 Å². The fraction of sp³-hybridized carbons (Fsp3) is 0.0526. The molecule has 218 valence electrons. The van der Waals surface area contributed by atoms with E-state index >= 15 is 0 Å². The van der Waals surface area contributed by atoms with Crippen LogP contribution >= 0.6 is 23.2 Å². The summed E-state index contributed by atoms with van der Waals surface area (Å²) in [5.41, 5.74) is 8.37. The summed E-state index contributed by atoms with van der Waals surface area (Å²) in [4.78, 5) is 4.39. The summed E-state index contributed by atoms with van der Waals surface area (Å²) in [6, 6.07) is 48.9. The molecule has 0 saturated heterocycles. The molecule has 0 N–H and O–H groups in total. The van der Waals surface area contributed by atoms with Crippen molar-refractivity contribution < 1.29 is 9.47 Å². The summed E-state index contributed by atoms with van der Waals surface area (Å²) < 4.78 is 10.8. The van der Waals surface area contributed by atoms with Crippen molar-refractivity contribution in [3.63, 3.8) is 0 Å². The molecule has 0 bridgehead atoms. The Bertz CT molecular complexity index is 1710. The molecule has 6 heteroatoms. The summed E-state index contributed by atoms with van der Waals surface area (Å²) in [6.07, 6.45) is 0. The minimum Gasteiger partial charge on any atom is -0.497 e. The molecule has 0 unspecified atom stereocenters. The molecule has 6 aromatic carbocycles. The Hall–Kier alpha value is -4.90. The first-order valence-corrected chi connectivity index (χ1v) is 14.9. The van der Waals surface area contributed by atoms with Gasteiger partial charge in [0.2, 0.25) is 0 Å². The van der Waals surface area contributed by atoms with Crippen LogP contribution < -0.4 is 19.3 Å². The van der Waals surface area contributed by atoms with Crippen LogP contribution in [0.2, 0.25) is 10.0 Å². The van der Waals surface area contributed by atoms with Gasteiger partial charge >= 0.3 is 0 Å². The lowest BCUT2D eigenvalue weighted by Gasteiger charge is -2.26. The van der Waals surface area contributed by atoms with E-state index in [1.54, 1.807) is 14.2 Å². The van der Waals surface area contributed by atoms with Crippen LogP contribution in [0.4, 0.5) is 34.1 Å². The number of benzene rings is 6. The number of halogens is 2. The highest BCUT2D eigenvalue weighted by atomic mass is 35.5. The average molecular weight is 618 g/mol. The monoisotopic (exact) mass is 616 g/mol. The second kappa shape index (κ2) is 13.2. The van der Waals surface area contributed by atoms with Crippen LogP contribution in [0.3, 0.4) is 0 Å². The standard InChI is InChI=1S/C38H30Cl2N2O2/c1-43-37-23-19-35(20-24-37)42(36-21-25-38(44-2)26-22-36)32-13-5-28(6-14-32)27-3-11-31(12-4-27)41(33-15-7-29(39)8-16-33)34-17-9-30(40)10-18-34/h3-26H,1-2H3. The summed E-state index contributed by atoms with van der Waals surface area (Å²) in [6.45, 7) is 0. The number of rotatable bonds is 9. The van der Waals surface area contributed by atoms with E-state index in [1.807, 2.05) is 72.8 Å². The van der Waals surface area contributed by atoms with Crippen molar-refractivity contribution in [3.05, 3.63) is 156 Å². The van der Waals surface area contributed by atoms with Crippen molar-refractivity contribution in [1.82, 2.24) is 0 Å². The fourth-order valence-electron chi connectivity index (χ4n) is 5.14. The molecule has 44 heavy (non-hydrogen) atoms. The summed E-state index contributed by atoms with van der Waals surface area (Å²) in [5.74, 6) is 1.63. The SMILES string of the molecule is COc1ccc(N(c2ccc(OC)cc2)c2ccc(-c3ccc(N(c4ccc(Cl)cc4)c4ccc(Cl)cc4)cc3)cc2)cc1. The Morgan fingerprint density at radius 2 is 0.568 bits per heavy atom. The number of anilines is 6. The van der Waals surface area contributed by atoms with Gasteiger partial charge in [0, 0.05) is 44.2 Å². The van der Waals surface area contributed by atoms with Crippen molar-refractivity contribution in [2.24, 2.45) is 0 Å². The molecule has 0 aliphatic heterocycles. The van der Waals surface area contributed by atoms with E-state index < -0.39 is 0 Å². The van der Waals surface area contributed by atoms with Crippen LogP contribution in [0.25, 0.3) is 11.1 Å². The molecule has 0 aromatic heterocycles. The molecule has 4 nitrogen and oxygen atoms in total. The largest absolute Gasteiger partial charge is 0.497 e. The number of hydrogen-bond donors (Lipinski definition) is 0. The summed E-state index contributed by atoms with van der Waals surface area (Å²) >= 11 is 12.4. The fourth-order valence-corrected chi connectivity index (χ4v) is 5.40. The van der Waals surface area contributed by atoms with E-state index in [0.29, 0.717) is 10.0 Å². The minimum atomic E-state index is 0.696. The van der Waals surface area contributed by atoms with Gasteiger partial charge in [-0.1, -0.05) is 47.5 Å². The van der Waals surface area contributed by atoms with E-state index in [4.69, 9.17) is 32.7 Å². The van der Waals surface area contributed by atoms with Gasteiger partial charge in [-0.25, -0.2) is 0 Å². The molecule has 0 atom stereocenters. The second-order valence-corrected chi connectivity index (χ2v) is 11.0. The van der Waals surface area contributed by atoms with Crippen LogP contribution in [0.1, 0.15) is 0 Å². The molecule has 0 amide bonds. The third-order valence-electron chi connectivity index (χ3n) is 7.42. The molecule has 0 radical (unpaired) electrons. The van der Waals surface area contributed by atoms with Gasteiger partial charge in [-0.05, 0) is 132 Å². The smallest absolute Gasteiger partial charge is 0.119 e. The van der Waals surface area contributed by atoms with E-state index in [2.05, 4.69) is 82.6 Å². The zero-order valence-electron chi connectivity index (χ0n) is 24.3. The zero-order valence-corrected chi connectivity index (χ0v) is 25.8. The Morgan fingerprint density at radius 1 is 0.341 bits per heavy atom. The maximum atomic E-state index is 6.19. The first kappa shape index (κ1) is 29.2. The molecule has 0 spiro atoms. The number of methoxy groups -OCH3 is 2. The highest BCUT2D eigenvalue weighted by Crippen LogP contribution is 2.39. The van der Waals surface area contributed by atoms with Crippen LogP contribution in [-0.2, 0) is 0 Å². The number of ether oxygens (including phenoxy) is 2. The van der Waals surface area contributed by atoms with E-state index in [0.717, 1.165) is 56.8 Å². The highest BCUT2D eigenvalue weighted by molar-refractivity contribution is 6.31. The molecule has 0 aliphatic rings. The van der Waals surface area contributed by atoms with Crippen molar-refractivity contribution >= 4 is 57.3 Å². The predicted molar refractivity (Wildman–Crippen MR) is 184 cm³/mol. The Kier molecular flexibility index (Phi) is 8.74. The van der Waals surface area contributed by atoms with Gasteiger partial charge in [0.1, 0.15) is 11.5 Å². The van der Waals surface area contributed by atoms with Gasteiger partial charge in [-0.15, -0.1) is 0 Å². The van der Waals surface area contributed by atoms with Crippen molar-refractivity contribution in [1.29, 1.82) is 0 Å². The molecule has 6 aromatic rings. The Balaban J connectivity index is 1.31. The number of nitrogens with zero attached hydrogens (tertiary/aromatic N) is 2. The summed E-state index contributed by atoms with van der Waals surface area (Å²) in [5, 5.41) is 1.39. The Labute approximate surface area is 268 Å². The zero-order chi connectivity index (χ0) is 30.5. The van der Waals surface area contributed by atoms with Crippen LogP contribution in [-0.4, -0.2) is 14.2 Å². The molecule has 0 saturated carbocycles. The van der Waals surface area contributed by atoms with E-state index in [1.165, 1.54) is 0 Å². The molecule has 0 aliphatic carbocycles. The van der Waals surface area contributed by atoms with Crippen LogP contribution in [0.15, 0.2) is 146 Å². The van der Waals surface area contributed by atoms with Crippen molar-refractivity contribution in [3.8, 4) is 22.6 Å². The number of hydrogen-bond acceptors (Lipinski definition) is 4. The van der Waals surface area contributed by atoms with Gasteiger partial charge in [-0.2, -0.15) is 0 Å². The molecule has 0 heterocycles. The van der Waals surface area contributed by atoms with Gasteiger partial charge in [0.15, 0.2) is 0 Å². The molecular weight excluding hydrogens is 587 g/mol. The first-order chi connectivity index (χ1) is 21.5. The lowest BCUT2D eigenvalue weighted by Crippen LogP contribution is -2.10. The lowest BCUT2D eigenvalue weighted by molar-refractivity contribution is 0.415. The highest BCUT2D eigenvalue weighted by Gasteiger charge is 2.15. The van der Waals surface area contributed by atoms with Gasteiger partial charge in [0.25, 0.3) is 0 Å². The van der Waals surface area contributed by atoms with Gasteiger partial charge in [-0.3, -0.25) is 0 Å². The predicted octanol–water partition coefficient (Wildman–Crippen LogP) is 11.6. The average Bonchev–Trinajstić information content (AvgIpc) is 3.08. The van der Waals surface area contributed by atoms with E-state index in [-0.39, 0.29) is 0 Å². The Morgan fingerprint density at radius 3 is 0.818 bits per heavy atom. The molecule has 0 fully saturated rings. The third kappa shape index (κ3) is 6.37. The van der Waals surface area contributed by atoms with Crippen molar-refractivity contribution in [2.45, 2.75) is 0 Å². The molecule has 6 rings (SSSR count). The third-order valence-corrected chi connectivity index (χ3v) is 7.92. The van der Waals surface area contributed by atoms with Gasteiger partial charge in [0.05, 0.1) is 14.2 Å². The first-order valence-electron chi connectivity index (χ1n) is 14.1. The summed E-state index contributed by atoms with van der Waals surface area (Å²) in [7, 11) is 3.35. The minimum absolute atomic E-state index is 0.696. The van der Waals surface area contributed by atoms with Gasteiger partial charge < -0.3 is 19.3 Å². The maximum absolute atomic E-state index is 6.19. The van der Waals surface area contributed by atoms with E-state index in [9.17, 15) is 0 Å². The molecular formula is C38H30Cl2N2O2. The quantitative estimate of drug-likeness (QED) is 0.161. The second-order valence-electron chi connectivity index (χ2n) is 10.1. The lowest BCUT2D eigenvalue weighted by atomic mass is 10.0. The normalized spacial score (nSPS) is 10.7. The maximum Gasteiger partial charge on any atom is 0.119 e.